The van der Waals surface area contributed by atoms with E-state index in [0.717, 1.165) is 5.56 Å². The van der Waals surface area contributed by atoms with E-state index in [9.17, 15) is 14.4 Å². The fraction of sp³-hybridized carbons (Fsp3) is 0.259. The molecule has 0 bridgehead atoms. The van der Waals surface area contributed by atoms with Crippen LogP contribution in [0.25, 0.3) is 6.08 Å². The van der Waals surface area contributed by atoms with Crippen LogP contribution in [-0.2, 0) is 14.3 Å². The van der Waals surface area contributed by atoms with Crippen molar-refractivity contribution in [1.82, 2.24) is 4.57 Å². The quantitative estimate of drug-likeness (QED) is 0.377. The van der Waals surface area contributed by atoms with E-state index in [-0.39, 0.29) is 11.7 Å². The number of benzene rings is 2. The van der Waals surface area contributed by atoms with Gasteiger partial charge in [0, 0.05) is 6.92 Å². The summed E-state index contributed by atoms with van der Waals surface area (Å²) in [7, 11) is 1.57. The first-order chi connectivity index (χ1) is 17.2. The number of thiazole rings is 1. The van der Waals surface area contributed by atoms with Gasteiger partial charge in [-0.05, 0) is 62.2 Å². The van der Waals surface area contributed by atoms with Gasteiger partial charge in [-0.2, -0.15) is 0 Å². The number of rotatable bonds is 6. The minimum atomic E-state index is -0.715. The van der Waals surface area contributed by atoms with Crippen LogP contribution in [0.3, 0.4) is 0 Å². The van der Waals surface area contributed by atoms with E-state index in [0.29, 0.717) is 37.7 Å². The maximum atomic E-state index is 13.7. The lowest BCUT2D eigenvalue weighted by atomic mass is 9.96. The van der Waals surface area contributed by atoms with E-state index in [1.54, 1.807) is 64.3 Å². The van der Waals surface area contributed by atoms with Crippen molar-refractivity contribution in [3.63, 3.8) is 0 Å². The number of hydrogen-bond donors (Lipinski definition) is 0. The predicted octanol–water partition coefficient (Wildman–Crippen LogP) is 3.12. The van der Waals surface area contributed by atoms with Crippen LogP contribution in [0, 0.1) is 0 Å². The first-order valence-electron chi connectivity index (χ1n) is 11.3. The Kier molecular flexibility index (Phi) is 7.21. The minimum absolute atomic E-state index is 0.292. The number of aromatic nitrogens is 1. The number of nitrogens with zero attached hydrogens (tertiary/aromatic N) is 2. The molecule has 1 atom stereocenters. The molecule has 0 saturated heterocycles. The van der Waals surface area contributed by atoms with Crippen molar-refractivity contribution in [1.29, 1.82) is 0 Å². The van der Waals surface area contributed by atoms with Crippen LogP contribution in [0.2, 0.25) is 0 Å². The Hall–Kier alpha value is -3.98. The van der Waals surface area contributed by atoms with Crippen LogP contribution >= 0.6 is 11.3 Å². The van der Waals surface area contributed by atoms with Crippen LogP contribution in [-0.4, -0.2) is 29.7 Å². The Labute approximate surface area is 211 Å². The normalized spacial score (nSPS) is 15.4. The summed E-state index contributed by atoms with van der Waals surface area (Å²) in [4.78, 5) is 43.2. The second-order valence-electron chi connectivity index (χ2n) is 8.48. The van der Waals surface area contributed by atoms with Crippen molar-refractivity contribution >= 4 is 29.4 Å². The summed E-state index contributed by atoms with van der Waals surface area (Å²) in [5.74, 6) is 0.0956. The van der Waals surface area contributed by atoms with Crippen LogP contribution in [0.1, 0.15) is 44.9 Å². The third kappa shape index (κ3) is 5.16. The van der Waals surface area contributed by atoms with Gasteiger partial charge in [0.1, 0.15) is 11.5 Å². The Morgan fingerprint density at radius 2 is 1.83 bits per heavy atom. The second kappa shape index (κ2) is 10.3. The third-order valence-corrected chi connectivity index (χ3v) is 6.42. The molecule has 0 N–H and O–H groups in total. The summed E-state index contributed by atoms with van der Waals surface area (Å²) < 4.78 is 17.9. The Morgan fingerprint density at radius 3 is 2.47 bits per heavy atom. The van der Waals surface area contributed by atoms with Gasteiger partial charge in [-0.3, -0.25) is 14.2 Å². The molecule has 0 unspecified atom stereocenters. The van der Waals surface area contributed by atoms with E-state index in [1.807, 2.05) is 18.2 Å². The number of esters is 2. The molecular weight excluding hydrogens is 480 g/mol. The highest BCUT2D eigenvalue weighted by Crippen LogP contribution is 2.31. The number of carbonyl (C=O) groups is 2. The zero-order valence-corrected chi connectivity index (χ0v) is 21.4. The zero-order valence-electron chi connectivity index (χ0n) is 20.6. The molecule has 0 aliphatic carbocycles. The fourth-order valence-corrected chi connectivity index (χ4v) is 4.99. The highest BCUT2D eigenvalue weighted by Gasteiger charge is 2.33. The van der Waals surface area contributed by atoms with E-state index in [1.165, 1.54) is 22.8 Å². The molecule has 0 fully saturated rings. The highest BCUT2D eigenvalue weighted by atomic mass is 32.1. The molecule has 2 heterocycles. The van der Waals surface area contributed by atoms with E-state index < -0.39 is 18.0 Å². The van der Waals surface area contributed by atoms with Gasteiger partial charge in [0.15, 0.2) is 4.80 Å². The lowest BCUT2D eigenvalue weighted by molar-refractivity contribution is -0.143. The SMILES string of the molecule is COc1ccc([C@@H]2C(C(=O)OC(C)C)=C(C)N=c3s/c(=C/c4cccc(OC(C)=O)c4)c(=O)n32)cc1. The van der Waals surface area contributed by atoms with Crippen LogP contribution in [0.5, 0.6) is 11.5 Å². The van der Waals surface area contributed by atoms with Crippen LogP contribution in [0.15, 0.2) is 69.6 Å². The van der Waals surface area contributed by atoms with Crippen LogP contribution < -0.4 is 24.4 Å². The van der Waals surface area contributed by atoms with Gasteiger partial charge in [-0.1, -0.05) is 35.6 Å². The summed E-state index contributed by atoms with van der Waals surface area (Å²) >= 11 is 1.22. The van der Waals surface area contributed by atoms with Gasteiger partial charge in [-0.25, -0.2) is 9.79 Å². The van der Waals surface area contributed by atoms with Gasteiger partial charge < -0.3 is 14.2 Å². The highest BCUT2D eigenvalue weighted by molar-refractivity contribution is 7.07. The molecule has 9 heteroatoms. The Balaban J connectivity index is 1.89. The van der Waals surface area contributed by atoms with E-state index >= 15 is 0 Å². The summed E-state index contributed by atoms with van der Waals surface area (Å²) in [6, 6.07) is 13.4. The van der Waals surface area contributed by atoms with Gasteiger partial charge in [0.25, 0.3) is 5.56 Å². The van der Waals surface area contributed by atoms with Crippen molar-refractivity contribution in [3.05, 3.63) is 90.6 Å². The molecular formula is C27H26N2O6S. The van der Waals surface area contributed by atoms with Gasteiger partial charge >= 0.3 is 11.9 Å². The smallest absolute Gasteiger partial charge is 0.338 e. The van der Waals surface area contributed by atoms with Crippen molar-refractivity contribution in [2.24, 2.45) is 4.99 Å². The van der Waals surface area contributed by atoms with Crippen molar-refractivity contribution in [2.75, 3.05) is 7.11 Å². The molecule has 0 saturated carbocycles. The standard InChI is InChI=1S/C27H26N2O6S/c1-15(2)34-26(32)23-16(3)28-27-29(24(23)19-9-11-20(33-5)12-10-19)25(31)22(36-27)14-18-7-6-8-21(13-18)35-17(4)30/h6-15,24H,1-5H3/b22-14+/t24-/m1/s1. The molecule has 1 aromatic heterocycles. The summed E-state index contributed by atoms with van der Waals surface area (Å²) in [6.07, 6.45) is 1.39. The molecule has 1 aliphatic heterocycles. The number of methoxy groups -OCH3 is 1. The molecule has 186 valence electrons. The lowest BCUT2D eigenvalue weighted by Crippen LogP contribution is -2.40. The van der Waals surface area contributed by atoms with Crippen molar-refractivity contribution < 1.29 is 23.8 Å². The zero-order chi connectivity index (χ0) is 26.0. The molecule has 4 rings (SSSR count). The largest absolute Gasteiger partial charge is 0.497 e. The van der Waals surface area contributed by atoms with Gasteiger partial charge in [0.2, 0.25) is 0 Å². The molecule has 2 aromatic carbocycles. The molecule has 3 aromatic rings. The lowest BCUT2D eigenvalue weighted by Gasteiger charge is -2.25. The number of ether oxygens (including phenoxy) is 3. The summed E-state index contributed by atoms with van der Waals surface area (Å²) in [6.45, 7) is 6.62. The number of carbonyl (C=O) groups excluding carboxylic acids is 2. The van der Waals surface area contributed by atoms with Crippen molar-refractivity contribution in [2.45, 2.75) is 39.8 Å². The first-order valence-corrected chi connectivity index (χ1v) is 12.2. The third-order valence-electron chi connectivity index (χ3n) is 5.43. The molecule has 0 spiro atoms. The maximum absolute atomic E-state index is 13.7. The number of hydrogen-bond acceptors (Lipinski definition) is 8. The van der Waals surface area contributed by atoms with Gasteiger partial charge in [-0.15, -0.1) is 0 Å². The van der Waals surface area contributed by atoms with Crippen LogP contribution in [0.4, 0.5) is 0 Å². The molecule has 1 aliphatic rings. The predicted molar refractivity (Wildman–Crippen MR) is 136 cm³/mol. The second-order valence-corrected chi connectivity index (χ2v) is 9.48. The molecule has 0 radical (unpaired) electrons. The Morgan fingerprint density at radius 1 is 1.11 bits per heavy atom. The average Bonchev–Trinajstić information content (AvgIpc) is 3.12. The number of fused-ring (bicyclic) bond motifs is 1. The molecule has 36 heavy (non-hydrogen) atoms. The van der Waals surface area contributed by atoms with Crippen molar-refractivity contribution in [3.8, 4) is 11.5 Å². The molecule has 8 nitrogen and oxygen atoms in total. The monoisotopic (exact) mass is 506 g/mol. The maximum Gasteiger partial charge on any atom is 0.338 e. The minimum Gasteiger partial charge on any atom is -0.497 e. The molecule has 0 amide bonds. The first kappa shape index (κ1) is 25.1. The van der Waals surface area contributed by atoms with E-state index in [2.05, 4.69) is 4.99 Å². The summed E-state index contributed by atoms with van der Waals surface area (Å²) in [5.41, 5.74) is 1.93. The topological polar surface area (TPSA) is 96.2 Å². The fourth-order valence-electron chi connectivity index (χ4n) is 3.95. The Bertz CT molecular complexity index is 1530. The summed E-state index contributed by atoms with van der Waals surface area (Å²) in [5, 5.41) is 0. The average molecular weight is 507 g/mol. The number of allylic oxidation sites excluding steroid dienone is 1. The van der Waals surface area contributed by atoms with Gasteiger partial charge in [0.05, 0.1) is 35.1 Å². The van der Waals surface area contributed by atoms with E-state index in [4.69, 9.17) is 14.2 Å².